The first kappa shape index (κ1) is 16.0. The normalized spacial score (nSPS) is 22.6. The van der Waals surface area contributed by atoms with Crippen LogP contribution in [-0.2, 0) is 11.3 Å². The van der Waals surface area contributed by atoms with Gasteiger partial charge in [-0.3, -0.25) is 9.69 Å². The molecule has 0 radical (unpaired) electrons. The van der Waals surface area contributed by atoms with Crippen LogP contribution in [0.4, 0.5) is 0 Å². The first-order valence-electron chi connectivity index (χ1n) is 7.84. The van der Waals surface area contributed by atoms with Gasteiger partial charge in [-0.25, -0.2) is 0 Å². The second kappa shape index (κ2) is 7.57. The molecule has 1 saturated heterocycles. The second-order valence-corrected chi connectivity index (χ2v) is 6.17. The Morgan fingerprint density at radius 3 is 2.76 bits per heavy atom. The van der Waals surface area contributed by atoms with E-state index in [1.807, 2.05) is 30.1 Å². The van der Waals surface area contributed by atoms with Crippen LogP contribution in [0.25, 0.3) is 0 Å². The number of nitrogens with two attached hydrogens (primary N) is 1. The van der Waals surface area contributed by atoms with E-state index in [9.17, 15) is 4.79 Å². The lowest BCUT2D eigenvalue weighted by atomic mass is 9.90. The molecule has 0 bridgehead atoms. The van der Waals surface area contributed by atoms with Crippen molar-refractivity contribution >= 4 is 5.91 Å². The molecule has 1 aromatic carbocycles. The lowest BCUT2D eigenvalue weighted by Gasteiger charge is -2.40. The van der Waals surface area contributed by atoms with Crippen LogP contribution >= 0.6 is 0 Å². The van der Waals surface area contributed by atoms with Gasteiger partial charge in [0.1, 0.15) is 0 Å². The standard InChI is InChI=1S/C17H27N3O/c1-14-7-6-10-20(16(14)11-18)17(21)13-19(2)12-15-8-4-3-5-9-15/h3-5,8-9,14,16H,6-7,10-13,18H2,1-2H3/t14-,16+/m1/s1. The molecule has 2 rings (SSSR count). The molecule has 2 atom stereocenters. The summed E-state index contributed by atoms with van der Waals surface area (Å²) in [5.41, 5.74) is 7.10. The van der Waals surface area contributed by atoms with Crippen LogP contribution in [0.2, 0.25) is 0 Å². The van der Waals surface area contributed by atoms with E-state index in [2.05, 4.69) is 24.0 Å². The van der Waals surface area contributed by atoms with Gasteiger partial charge in [0, 0.05) is 25.7 Å². The third-order valence-corrected chi connectivity index (χ3v) is 4.38. The fourth-order valence-corrected chi connectivity index (χ4v) is 3.19. The highest BCUT2D eigenvalue weighted by Gasteiger charge is 2.30. The van der Waals surface area contributed by atoms with Gasteiger partial charge in [-0.1, -0.05) is 37.3 Å². The van der Waals surface area contributed by atoms with E-state index in [0.29, 0.717) is 19.0 Å². The highest BCUT2D eigenvalue weighted by atomic mass is 16.2. The van der Waals surface area contributed by atoms with Crippen molar-refractivity contribution in [3.63, 3.8) is 0 Å². The lowest BCUT2D eigenvalue weighted by molar-refractivity contribution is -0.137. The molecular formula is C17H27N3O. The first-order valence-corrected chi connectivity index (χ1v) is 7.84. The quantitative estimate of drug-likeness (QED) is 0.897. The molecule has 0 aliphatic carbocycles. The van der Waals surface area contributed by atoms with E-state index in [0.717, 1.165) is 19.5 Å². The highest BCUT2D eigenvalue weighted by molar-refractivity contribution is 5.78. The van der Waals surface area contributed by atoms with Crippen molar-refractivity contribution in [2.45, 2.75) is 32.4 Å². The van der Waals surface area contributed by atoms with Gasteiger partial charge in [0.15, 0.2) is 0 Å². The zero-order valence-corrected chi connectivity index (χ0v) is 13.2. The Morgan fingerprint density at radius 1 is 1.38 bits per heavy atom. The minimum absolute atomic E-state index is 0.204. The minimum Gasteiger partial charge on any atom is -0.337 e. The number of carbonyl (C=O) groups excluding carboxylic acids is 1. The summed E-state index contributed by atoms with van der Waals surface area (Å²) in [6, 6.07) is 10.5. The summed E-state index contributed by atoms with van der Waals surface area (Å²) < 4.78 is 0. The van der Waals surface area contributed by atoms with E-state index in [1.54, 1.807) is 0 Å². The van der Waals surface area contributed by atoms with E-state index >= 15 is 0 Å². The van der Waals surface area contributed by atoms with Crippen molar-refractivity contribution < 1.29 is 4.79 Å². The van der Waals surface area contributed by atoms with Crippen molar-refractivity contribution in [3.8, 4) is 0 Å². The zero-order valence-electron chi connectivity index (χ0n) is 13.2. The summed E-state index contributed by atoms with van der Waals surface area (Å²) in [4.78, 5) is 16.6. The van der Waals surface area contributed by atoms with Gasteiger partial charge in [-0.05, 0) is 31.4 Å². The predicted molar refractivity (Wildman–Crippen MR) is 85.7 cm³/mol. The highest BCUT2D eigenvalue weighted by Crippen LogP contribution is 2.22. The fraction of sp³-hybridized carbons (Fsp3) is 0.588. The molecule has 1 aliphatic rings. The number of likely N-dealkylation sites (tertiary alicyclic amines) is 1. The molecule has 4 nitrogen and oxygen atoms in total. The Morgan fingerprint density at radius 2 is 2.10 bits per heavy atom. The predicted octanol–water partition coefficient (Wildman–Crippen LogP) is 1.70. The van der Waals surface area contributed by atoms with Gasteiger partial charge in [-0.15, -0.1) is 0 Å². The molecular weight excluding hydrogens is 262 g/mol. The number of piperidine rings is 1. The average Bonchev–Trinajstić information content (AvgIpc) is 2.47. The number of carbonyl (C=O) groups is 1. The van der Waals surface area contributed by atoms with Gasteiger partial charge >= 0.3 is 0 Å². The molecule has 1 aliphatic heterocycles. The maximum Gasteiger partial charge on any atom is 0.237 e. The summed E-state index contributed by atoms with van der Waals surface area (Å²) in [6.45, 7) is 4.87. The van der Waals surface area contributed by atoms with E-state index in [4.69, 9.17) is 5.73 Å². The monoisotopic (exact) mass is 289 g/mol. The van der Waals surface area contributed by atoms with E-state index in [-0.39, 0.29) is 11.9 Å². The molecule has 1 amide bonds. The molecule has 4 heteroatoms. The number of likely N-dealkylation sites (N-methyl/N-ethyl adjacent to an activating group) is 1. The van der Waals surface area contributed by atoms with Gasteiger partial charge in [0.05, 0.1) is 6.54 Å². The van der Waals surface area contributed by atoms with Gasteiger partial charge < -0.3 is 10.6 Å². The number of hydrogen-bond donors (Lipinski definition) is 1. The molecule has 0 unspecified atom stereocenters. The van der Waals surface area contributed by atoms with Crippen LogP contribution in [0.1, 0.15) is 25.3 Å². The maximum absolute atomic E-state index is 12.5. The van der Waals surface area contributed by atoms with Gasteiger partial charge in [0.2, 0.25) is 5.91 Å². The third-order valence-electron chi connectivity index (χ3n) is 4.38. The van der Waals surface area contributed by atoms with Crippen molar-refractivity contribution in [1.29, 1.82) is 0 Å². The summed E-state index contributed by atoms with van der Waals surface area (Å²) >= 11 is 0. The minimum atomic E-state index is 0.204. The van der Waals surface area contributed by atoms with Crippen LogP contribution in [-0.4, -0.2) is 48.4 Å². The smallest absolute Gasteiger partial charge is 0.237 e. The topological polar surface area (TPSA) is 49.6 Å². The third kappa shape index (κ3) is 4.29. The summed E-state index contributed by atoms with van der Waals surface area (Å²) in [5, 5.41) is 0. The van der Waals surface area contributed by atoms with Crippen molar-refractivity contribution in [3.05, 3.63) is 35.9 Å². The Bertz CT molecular complexity index is 449. The number of nitrogens with zero attached hydrogens (tertiary/aromatic N) is 2. The Balaban J connectivity index is 1.90. The van der Waals surface area contributed by atoms with Crippen molar-refractivity contribution in [1.82, 2.24) is 9.80 Å². The van der Waals surface area contributed by atoms with Crippen LogP contribution in [0.5, 0.6) is 0 Å². The van der Waals surface area contributed by atoms with E-state index in [1.165, 1.54) is 12.0 Å². The van der Waals surface area contributed by atoms with Crippen molar-refractivity contribution in [2.24, 2.45) is 11.7 Å². The summed E-state index contributed by atoms with van der Waals surface area (Å²) in [7, 11) is 2.00. The van der Waals surface area contributed by atoms with Gasteiger partial charge in [-0.2, -0.15) is 0 Å². The Hall–Kier alpha value is -1.39. The first-order chi connectivity index (χ1) is 10.1. The molecule has 1 aromatic rings. The maximum atomic E-state index is 12.5. The molecule has 0 saturated carbocycles. The SMILES string of the molecule is C[C@@H]1CCCN(C(=O)CN(C)Cc2ccccc2)[C@H]1CN. The molecule has 2 N–H and O–H groups in total. The van der Waals surface area contributed by atoms with E-state index < -0.39 is 0 Å². The van der Waals surface area contributed by atoms with Crippen LogP contribution in [0.15, 0.2) is 30.3 Å². The Kier molecular flexibility index (Phi) is 5.76. The van der Waals surface area contributed by atoms with Crippen LogP contribution in [0.3, 0.4) is 0 Å². The summed E-state index contributed by atoms with van der Waals surface area (Å²) in [6.07, 6.45) is 2.26. The number of benzene rings is 1. The van der Waals surface area contributed by atoms with Gasteiger partial charge in [0.25, 0.3) is 0 Å². The molecule has 116 valence electrons. The average molecular weight is 289 g/mol. The molecule has 0 aromatic heterocycles. The number of amides is 1. The molecule has 21 heavy (non-hydrogen) atoms. The fourth-order valence-electron chi connectivity index (χ4n) is 3.19. The molecule has 1 heterocycles. The number of rotatable bonds is 5. The zero-order chi connectivity index (χ0) is 15.2. The molecule has 0 spiro atoms. The van der Waals surface area contributed by atoms with Crippen LogP contribution in [0, 0.1) is 5.92 Å². The molecule has 1 fully saturated rings. The van der Waals surface area contributed by atoms with Crippen molar-refractivity contribution in [2.75, 3.05) is 26.7 Å². The largest absolute Gasteiger partial charge is 0.337 e. The number of hydrogen-bond acceptors (Lipinski definition) is 3. The summed E-state index contributed by atoms with van der Waals surface area (Å²) in [5.74, 6) is 0.711. The lowest BCUT2D eigenvalue weighted by Crippen LogP contribution is -2.53. The second-order valence-electron chi connectivity index (χ2n) is 6.17. The Labute approximate surface area is 127 Å². The van der Waals surface area contributed by atoms with Crippen LogP contribution < -0.4 is 5.73 Å².